The van der Waals surface area contributed by atoms with E-state index in [-0.39, 0.29) is 5.91 Å². The van der Waals surface area contributed by atoms with Crippen molar-refractivity contribution in [2.75, 3.05) is 17.2 Å². The lowest BCUT2D eigenvalue weighted by atomic mass is 10.1. The lowest BCUT2D eigenvalue weighted by Gasteiger charge is -2.18. The smallest absolute Gasteiger partial charge is 0.227 e. The Hall–Kier alpha value is -1.51. The number of carbonyl (C=O) groups excluding carboxylic acids is 1. The van der Waals surface area contributed by atoms with Crippen LogP contribution >= 0.6 is 0 Å². The molecule has 1 aliphatic rings. The van der Waals surface area contributed by atoms with Crippen LogP contribution in [0.15, 0.2) is 18.2 Å². The van der Waals surface area contributed by atoms with Gasteiger partial charge in [0.25, 0.3) is 0 Å². The minimum absolute atomic E-state index is 0.225. The number of fused-ring (bicyclic) bond motifs is 1. The largest absolute Gasteiger partial charge is 0.397 e. The van der Waals surface area contributed by atoms with Crippen molar-refractivity contribution in [2.24, 2.45) is 0 Å². The zero-order valence-corrected chi connectivity index (χ0v) is 11.1. The third kappa shape index (κ3) is 2.66. The summed E-state index contributed by atoms with van der Waals surface area (Å²) in [6.07, 6.45) is 6.13. The minimum Gasteiger partial charge on any atom is -0.397 e. The highest BCUT2D eigenvalue weighted by molar-refractivity contribution is 5.98. The summed E-state index contributed by atoms with van der Waals surface area (Å²) in [6.45, 7) is 2.97. The van der Waals surface area contributed by atoms with E-state index in [1.54, 1.807) is 0 Å². The van der Waals surface area contributed by atoms with Crippen molar-refractivity contribution in [1.29, 1.82) is 0 Å². The molecule has 1 aromatic rings. The predicted molar refractivity (Wildman–Crippen MR) is 75.7 cm³/mol. The number of amides is 1. The number of nitrogens with zero attached hydrogens (tertiary/aromatic N) is 1. The first-order valence-corrected chi connectivity index (χ1v) is 6.91. The van der Waals surface area contributed by atoms with Crippen LogP contribution in [0.25, 0.3) is 0 Å². The van der Waals surface area contributed by atoms with E-state index in [9.17, 15) is 4.79 Å². The lowest BCUT2D eigenvalue weighted by molar-refractivity contribution is -0.118. The van der Waals surface area contributed by atoms with Crippen molar-refractivity contribution in [3.8, 4) is 0 Å². The Morgan fingerprint density at radius 2 is 2.17 bits per heavy atom. The van der Waals surface area contributed by atoms with Crippen LogP contribution in [0, 0.1) is 0 Å². The number of rotatable bonds is 5. The zero-order valence-electron chi connectivity index (χ0n) is 11.1. The number of para-hydroxylation sites is 1. The van der Waals surface area contributed by atoms with Gasteiger partial charge in [0.1, 0.15) is 0 Å². The molecule has 3 nitrogen and oxygen atoms in total. The average molecular weight is 246 g/mol. The van der Waals surface area contributed by atoms with Crippen LogP contribution in [0.2, 0.25) is 0 Å². The van der Waals surface area contributed by atoms with E-state index >= 15 is 0 Å². The van der Waals surface area contributed by atoms with Gasteiger partial charge in [0.2, 0.25) is 5.91 Å². The summed E-state index contributed by atoms with van der Waals surface area (Å²) in [5.74, 6) is 0.225. The average Bonchev–Trinajstić information content (AvgIpc) is 2.80. The topological polar surface area (TPSA) is 46.3 Å². The van der Waals surface area contributed by atoms with Crippen LogP contribution in [0.1, 0.15) is 44.6 Å². The van der Waals surface area contributed by atoms with Gasteiger partial charge in [0, 0.05) is 13.0 Å². The third-order valence-electron chi connectivity index (χ3n) is 3.57. The molecule has 0 radical (unpaired) electrons. The van der Waals surface area contributed by atoms with Crippen LogP contribution in [0.5, 0.6) is 0 Å². The van der Waals surface area contributed by atoms with Crippen LogP contribution in [0.3, 0.4) is 0 Å². The van der Waals surface area contributed by atoms with Gasteiger partial charge in [-0.05, 0) is 24.5 Å². The maximum absolute atomic E-state index is 12.2. The van der Waals surface area contributed by atoms with E-state index in [0.717, 1.165) is 37.2 Å². The summed E-state index contributed by atoms with van der Waals surface area (Å²) in [5.41, 5.74) is 8.87. The first kappa shape index (κ1) is 12.9. The number of unbranched alkanes of at least 4 members (excludes halogenated alkanes) is 3. The molecule has 1 aromatic carbocycles. The van der Waals surface area contributed by atoms with E-state index in [4.69, 9.17) is 5.73 Å². The molecule has 18 heavy (non-hydrogen) atoms. The highest BCUT2D eigenvalue weighted by Gasteiger charge is 2.25. The Morgan fingerprint density at radius 3 is 2.94 bits per heavy atom. The van der Waals surface area contributed by atoms with Crippen molar-refractivity contribution in [3.05, 3.63) is 23.8 Å². The SMILES string of the molecule is CCCCCCC(=O)N1CCc2cccc(N)c21. The summed E-state index contributed by atoms with van der Waals surface area (Å²) < 4.78 is 0. The first-order chi connectivity index (χ1) is 8.74. The van der Waals surface area contributed by atoms with Gasteiger partial charge in [0.05, 0.1) is 11.4 Å². The molecule has 0 atom stereocenters. The fraction of sp³-hybridized carbons (Fsp3) is 0.533. The number of benzene rings is 1. The fourth-order valence-corrected chi connectivity index (χ4v) is 2.57. The molecule has 0 unspecified atom stereocenters. The van der Waals surface area contributed by atoms with Gasteiger partial charge in [-0.15, -0.1) is 0 Å². The van der Waals surface area contributed by atoms with Crippen molar-refractivity contribution in [3.63, 3.8) is 0 Å². The number of carbonyl (C=O) groups is 1. The molecule has 0 aromatic heterocycles. The Balaban J connectivity index is 1.98. The van der Waals surface area contributed by atoms with Gasteiger partial charge in [-0.3, -0.25) is 4.79 Å². The monoisotopic (exact) mass is 246 g/mol. The highest BCUT2D eigenvalue weighted by atomic mass is 16.2. The Kier molecular flexibility index (Phi) is 4.24. The van der Waals surface area contributed by atoms with Crippen LogP contribution < -0.4 is 10.6 Å². The summed E-state index contributed by atoms with van der Waals surface area (Å²) >= 11 is 0. The summed E-state index contributed by atoms with van der Waals surface area (Å²) in [6, 6.07) is 5.90. The lowest BCUT2D eigenvalue weighted by Crippen LogP contribution is -2.29. The molecule has 3 heteroatoms. The van der Waals surface area contributed by atoms with E-state index in [1.165, 1.54) is 18.4 Å². The summed E-state index contributed by atoms with van der Waals surface area (Å²) in [7, 11) is 0. The molecule has 0 saturated carbocycles. The summed E-state index contributed by atoms with van der Waals surface area (Å²) in [4.78, 5) is 14.1. The molecule has 1 amide bonds. The fourth-order valence-electron chi connectivity index (χ4n) is 2.57. The molecule has 2 rings (SSSR count). The summed E-state index contributed by atoms with van der Waals surface area (Å²) in [5, 5.41) is 0. The molecule has 2 N–H and O–H groups in total. The van der Waals surface area contributed by atoms with Crippen molar-refractivity contribution >= 4 is 17.3 Å². The molecular weight excluding hydrogens is 224 g/mol. The Labute approximate surface area is 109 Å². The third-order valence-corrected chi connectivity index (χ3v) is 3.57. The van der Waals surface area contributed by atoms with E-state index in [2.05, 4.69) is 13.0 Å². The zero-order chi connectivity index (χ0) is 13.0. The van der Waals surface area contributed by atoms with E-state index in [0.29, 0.717) is 6.42 Å². The number of anilines is 2. The van der Waals surface area contributed by atoms with Gasteiger partial charge in [-0.25, -0.2) is 0 Å². The highest BCUT2D eigenvalue weighted by Crippen LogP contribution is 2.34. The number of nitrogens with two attached hydrogens (primary N) is 1. The molecular formula is C15H22N2O. The van der Waals surface area contributed by atoms with Crippen LogP contribution in [-0.2, 0) is 11.2 Å². The van der Waals surface area contributed by atoms with Gasteiger partial charge in [0.15, 0.2) is 0 Å². The van der Waals surface area contributed by atoms with Gasteiger partial charge < -0.3 is 10.6 Å². The van der Waals surface area contributed by atoms with Gasteiger partial charge >= 0.3 is 0 Å². The van der Waals surface area contributed by atoms with Gasteiger partial charge in [-0.2, -0.15) is 0 Å². The Bertz CT molecular complexity index is 429. The van der Waals surface area contributed by atoms with Gasteiger partial charge in [-0.1, -0.05) is 38.3 Å². The van der Waals surface area contributed by atoms with Crippen LogP contribution in [0.4, 0.5) is 11.4 Å². The van der Waals surface area contributed by atoms with Crippen molar-refractivity contribution in [1.82, 2.24) is 0 Å². The molecule has 0 aliphatic carbocycles. The number of nitrogen functional groups attached to an aromatic ring is 1. The second kappa shape index (κ2) is 5.89. The molecule has 0 fully saturated rings. The Morgan fingerprint density at radius 1 is 1.33 bits per heavy atom. The quantitative estimate of drug-likeness (QED) is 0.641. The van der Waals surface area contributed by atoms with Crippen molar-refractivity contribution < 1.29 is 4.79 Å². The van der Waals surface area contributed by atoms with E-state index < -0.39 is 0 Å². The van der Waals surface area contributed by atoms with Crippen LogP contribution in [-0.4, -0.2) is 12.5 Å². The molecule has 0 saturated heterocycles. The first-order valence-electron chi connectivity index (χ1n) is 6.91. The second-order valence-corrected chi connectivity index (χ2v) is 4.96. The molecule has 98 valence electrons. The predicted octanol–water partition coefficient (Wildman–Crippen LogP) is 3.13. The molecule has 1 heterocycles. The standard InChI is InChI=1S/C15H22N2O/c1-2-3-4-5-9-14(18)17-11-10-12-7-6-8-13(16)15(12)17/h6-8H,2-5,9-11,16H2,1H3. The number of hydrogen-bond donors (Lipinski definition) is 1. The minimum atomic E-state index is 0.225. The molecule has 0 spiro atoms. The maximum Gasteiger partial charge on any atom is 0.227 e. The normalized spacial score (nSPS) is 13.7. The molecule has 0 bridgehead atoms. The number of hydrogen-bond acceptors (Lipinski definition) is 2. The van der Waals surface area contributed by atoms with E-state index in [1.807, 2.05) is 17.0 Å². The van der Waals surface area contributed by atoms with Crippen molar-refractivity contribution in [2.45, 2.75) is 45.4 Å². The molecule has 1 aliphatic heterocycles. The second-order valence-electron chi connectivity index (χ2n) is 4.96. The maximum atomic E-state index is 12.2.